The fourth-order valence-corrected chi connectivity index (χ4v) is 11.1. The molecular formula is C48H54N6O4. The van der Waals surface area contributed by atoms with Crippen LogP contribution in [0.2, 0.25) is 0 Å². The van der Waals surface area contributed by atoms with Crippen LogP contribution in [0.1, 0.15) is 75.7 Å². The van der Waals surface area contributed by atoms with Crippen molar-refractivity contribution in [2.75, 3.05) is 40.4 Å². The Bertz CT molecular complexity index is 2280. The first kappa shape index (κ1) is 37.2. The zero-order valence-corrected chi connectivity index (χ0v) is 34.1. The van der Waals surface area contributed by atoms with E-state index in [2.05, 4.69) is 72.2 Å². The van der Waals surface area contributed by atoms with Crippen molar-refractivity contribution in [2.24, 2.45) is 23.7 Å². The summed E-state index contributed by atoms with van der Waals surface area (Å²) >= 11 is 0. The third kappa shape index (κ3) is 6.58. The molecule has 4 unspecified atom stereocenters. The van der Waals surface area contributed by atoms with Crippen LogP contribution in [-0.4, -0.2) is 82.4 Å². The third-order valence-corrected chi connectivity index (χ3v) is 14.3. The number of piperidine rings is 6. The van der Waals surface area contributed by atoms with Gasteiger partial charge in [0.05, 0.1) is 48.1 Å². The highest BCUT2D eigenvalue weighted by Gasteiger charge is 2.46. The molecule has 10 atom stereocenters. The van der Waals surface area contributed by atoms with Gasteiger partial charge in [0.2, 0.25) is 11.8 Å². The Kier molecular flexibility index (Phi) is 10.0. The highest BCUT2D eigenvalue weighted by Crippen LogP contribution is 2.47. The molecule has 6 aromatic rings. The van der Waals surface area contributed by atoms with Gasteiger partial charge in [-0.25, -0.2) is 0 Å². The average Bonchev–Trinajstić information content (AvgIpc) is 3.29. The molecule has 10 nitrogen and oxygen atoms in total. The predicted molar refractivity (Wildman–Crippen MR) is 227 cm³/mol. The largest absolute Gasteiger partial charge is 0.497 e. The van der Waals surface area contributed by atoms with Gasteiger partial charge in [-0.15, -0.1) is 10.2 Å². The number of hydrogen-bond acceptors (Lipinski definition) is 10. The number of rotatable bonds is 12. The molecular weight excluding hydrogens is 725 g/mol. The van der Waals surface area contributed by atoms with Crippen LogP contribution < -0.4 is 18.9 Å². The molecule has 6 saturated heterocycles. The number of nitrogens with zero attached hydrogens (tertiary/aromatic N) is 6. The summed E-state index contributed by atoms with van der Waals surface area (Å²) in [5.74, 6) is 5.39. The second-order valence-electron chi connectivity index (χ2n) is 17.0. The minimum Gasteiger partial charge on any atom is -0.497 e. The average molecular weight is 779 g/mol. The van der Waals surface area contributed by atoms with E-state index in [1.165, 1.54) is 25.7 Å². The van der Waals surface area contributed by atoms with E-state index in [1.807, 2.05) is 36.7 Å². The van der Waals surface area contributed by atoms with Crippen molar-refractivity contribution in [1.29, 1.82) is 0 Å². The second kappa shape index (κ2) is 15.6. The molecule has 4 bridgehead atoms. The summed E-state index contributed by atoms with van der Waals surface area (Å²) in [6, 6.07) is 25.1. The molecule has 0 amide bonds. The van der Waals surface area contributed by atoms with Gasteiger partial charge >= 0.3 is 0 Å². The summed E-state index contributed by atoms with van der Waals surface area (Å²) in [5, 5.41) is 13.7. The van der Waals surface area contributed by atoms with E-state index in [0.29, 0.717) is 35.4 Å². The lowest BCUT2D eigenvalue weighted by atomic mass is 9.72. The maximum atomic E-state index is 7.30. The van der Waals surface area contributed by atoms with Gasteiger partial charge < -0.3 is 18.9 Å². The highest BCUT2D eigenvalue weighted by molar-refractivity contribution is 5.91. The van der Waals surface area contributed by atoms with Gasteiger partial charge in [0.15, 0.2) is 0 Å². The van der Waals surface area contributed by atoms with E-state index >= 15 is 0 Å². The van der Waals surface area contributed by atoms with Crippen molar-refractivity contribution >= 4 is 32.6 Å². The smallest absolute Gasteiger partial charge is 0.242 e. The Labute approximate surface area is 340 Å². The molecule has 9 heterocycles. The van der Waals surface area contributed by atoms with Gasteiger partial charge in [-0.2, -0.15) is 0 Å². The SMILES string of the molecule is CC[C@@H]1CN2CCC1C[C@@H]2[C@H](Oc1nnc(O[C@H](c2ccnc3ccc(OC)cc23)[C@H]2CC3CCN2C[C@@H]3CC)c2ccccc12)c1ccnc2ccc(OC)cc12. The number of benzene rings is 3. The van der Waals surface area contributed by atoms with Crippen LogP contribution >= 0.6 is 0 Å². The molecule has 3 aromatic carbocycles. The molecule has 0 spiro atoms. The van der Waals surface area contributed by atoms with Crippen molar-refractivity contribution in [1.82, 2.24) is 30.0 Å². The summed E-state index contributed by atoms with van der Waals surface area (Å²) < 4.78 is 26.0. The van der Waals surface area contributed by atoms with Crippen LogP contribution in [0.4, 0.5) is 0 Å². The molecule has 0 saturated carbocycles. The lowest BCUT2D eigenvalue weighted by Crippen LogP contribution is -2.56. The fraction of sp³-hybridized carbons (Fsp3) is 0.458. The van der Waals surface area contributed by atoms with Gasteiger partial charge in [0.25, 0.3) is 0 Å². The summed E-state index contributed by atoms with van der Waals surface area (Å²) in [7, 11) is 3.42. The number of ether oxygens (including phenoxy) is 4. The first-order valence-corrected chi connectivity index (χ1v) is 21.5. The molecule has 0 radical (unpaired) electrons. The van der Waals surface area contributed by atoms with Crippen LogP contribution in [0.15, 0.2) is 85.2 Å². The van der Waals surface area contributed by atoms with Crippen molar-refractivity contribution in [3.05, 3.63) is 96.3 Å². The second-order valence-corrected chi connectivity index (χ2v) is 17.0. The lowest BCUT2D eigenvalue weighted by molar-refractivity contribution is -0.0505. The molecule has 6 aliphatic rings. The van der Waals surface area contributed by atoms with E-state index in [0.717, 1.165) is 94.2 Å². The molecule has 10 heteroatoms. The van der Waals surface area contributed by atoms with E-state index in [4.69, 9.17) is 39.1 Å². The van der Waals surface area contributed by atoms with Crippen LogP contribution in [0, 0.1) is 23.7 Å². The van der Waals surface area contributed by atoms with E-state index in [-0.39, 0.29) is 24.3 Å². The number of aromatic nitrogens is 4. The Morgan fingerprint density at radius 3 is 1.47 bits per heavy atom. The maximum absolute atomic E-state index is 7.30. The van der Waals surface area contributed by atoms with Crippen molar-refractivity contribution < 1.29 is 18.9 Å². The molecule has 0 N–H and O–H groups in total. The third-order valence-electron chi connectivity index (χ3n) is 14.3. The molecule has 300 valence electrons. The standard InChI is InChI=1S/C48H54N6O4/c1-5-29-27-53-21-17-31(29)23-43(53)45(35-15-19-49-41-13-11-33(55-3)25-39(35)41)57-47-37-9-7-8-10-38(37)48(52-51-47)58-46(44-24-32-18-22-54(44)28-30(32)6-2)36-16-20-50-42-14-12-34(56-4)26-40(36)42/h7-16,19-20,25-26,29-32,43-46H,5-6,17-18,21-24,27-28H2,1-4H3/t29-,30+,31?,32?,43-,44-,45-,46-/m1/s1. The van der Waals surface area contributed by atoms with Gasteiger partial charge in [-0.05, 0) is 123 Å². The van der Waals surface area contributed by atoms with E-state index in [9.17, 15) is 0 Å². The maximum Gasteiger partial charge on any atom is 0.242 e. The molecule has 58 heavy (non-hydrogen) atoms. The number of methoxy groups -OCH3 is 2. The van der Waals surface area contributed by atoms with E-state index in [1.54, 1.807) is 14.2 Å². The summed E-state index contributed by atoms with van der Waals surface area (Å²) in [6.45, 7) is 9.00. The van der Waals surface area contributed by atoms with Crippen LogP contribution in [0.25, 0.3) is 32.6 Å². The lowest BCUT2D eigenvalue weighted by Gasteiger charge is -2.52. The normalized spacial score (nSPS) is 27.4. The van der Waals surface area contributed by atoms with Gasteiger partial charge in [0, 0.05) is 47.4 Å². The van der Waals surface area contributed by atoms with Crippen molar-refractivity contribution in [3.8, 4) is 23.3 Å². The molecule has 6 fully saturated rings. The zero-order valence-electron chi connectivity index (χ0n) is 34.1. The summed E-state index contributed by atoms with van der Waals surface area (Å²) in [4.78, 5) is 14.8. The quantitative estimate of drug-likeness (QED) is 0.120. The number of pyridine rings is 2. The van der Waals surface area contributed by atoms with Crippen molar-refractivity contribution in [2.45, 2.75) is 76.7 Å². The topological polar surface area (TPSA) is 95.0 Å². The Morgan fingerprint density at radius 1 is 0.603 bits per heavy atom. The Balaban J connectivity index is 1.06. The molecule has 12 rings (SSSR count). The Morgan fingerprint density at radius 2 is 1.07 bits per heavy atom. The number of hydrogen-bond donors (Lipinski definition) is 0. The van der Waals surface area contributed by atoms with Crippen LogP contribution in [-0.2, 0) is 0 Å². The predicted octanol–water partition coefficient (Wildman–Crippen LogP) is 9.22. The van der Waals surface area contributed by atoms with Crippen LogP contribution in [0.5, 0.6) is 23.3 Å². The monoisotopic (exact) mass is 778 g/mol. The molecule has 3 aromatic heterocycles. The molecule has 0 aliphatic carbocycles. The van der Waals surface area contributed by atoms with Gasteiger partial charge in [-0.3, -0.25) is 19.8 Å². The fourth-order valence-electron chi connectivity index (χ4n) is 11.1. The highest BCUT2D eigenvalue weighted by atomic mass is 16.5. The Hall–Kier alpha value is -5.06. The first-order chi connectivity index (χ1) is 28.5. The van der Waals surface area contributed by atoms with Gasteiger partial charge in [0.1, 0.15) is 23.7 Å². The zero-order chi connectivity index (χ0) is 39.3. The van der Waals surface area contributed by atoms with Crippen molar-refractivity contribution in [3.63, 3.8) is 0 Å². The minimum atomic E-state index is -0.300. The first-order valence-electron chi connectivity index (χ1n) is 21.5. The van der Waals surface area contributed by atoms with E-state index < -0.39 is 0 Å². The van der Waals surface area contributed by atoms with Gasteiger partial charge in [-0.1, -0.05) is 38.8 Å². The van der Waals surface area contributed by atoms with Crippen LogP contribution in [0.3, 0.4) is 0 Å². The summed E-state index contributed by atoms with van der Waals surface area (Å²) in [6.07, 6.45) is 10.2. The molecule has 6 aliphatic heterocycles. The minimum absolute atomic E-state index is 0.180. The summed E-state index contributed by atoms with van der Waals surface area (Å²) in [5.41, 5.74) is 4.01. The number of fused-ring (bicyclic) bond motifs is 9.